The lowest BCUT2D eigenvalue weighted by Crippen LogP contribution is -2.40. The lowest BCUT2D eigenvalue weighted by Gasteiger charge is -2.35. The van der Waals surface area contributed by atoms with Crippen LogP contribution in [-0.4, -0.2) is 46.9 Å². The van der Waals surface area contributed by atoms with Gasteiger partial charge in [-0.2, -0.15) is 0 Å². The molecule has 1 amide bonds. The van der Waals surface area contributed by atoms with E-state index in [4.69, 9.17) is 0 Å². The second-order valence-corrected chi connectivity index (χ2v) is 7.28. The molecule has 0 radical (unpaired) electrons. The molecule has 0 aromatic carbocycles. The largest absolute Gasteiger partial charge is 0.338 e. The summed E-state index contributed by atoms with van der Waals surface area (Å²) in [5.74, 6) is 0.808. The van der Waals surface area contributed by atoms with Gasteiger partial charge in [0, 0.05) is 30.6 Å². The van der Waals surface area contributed by atoms with Gasteiger partial charge in [0.25, 0.3) is 0 Å². The van der Waals surface area contributed by atoms with Crippen molar-refractivity contribution in [3.8, 4) is 0 Å². The van der Waals surface area contributed by atoms with Gasteiger partial charge in [-0.3, -0.25) is 9.78 Å². The average molecular weight is 309 g/mol. The van der Waals surface area contributed by atoms with Gasteiger partial charge in [-0.15, -0.1) is 11.3 Å². The van der Waals surface area contributed by atoms with Crippen molar-refractivity contribution < 1.29 is 4.79 Å². The first-order valence-electron chi connectivity index (χ1n) is 7.87. The van der Waals surface area contributed by atoms with Crippen LogP contribution in [-0.2, 0) is 4.79 Å². The van der Waals surface area contributed by atoms with E-state index in [1.54, 1.807) is 11.3 Å². The third-order valence-corrected chi connectivity index (χ3v) is 5.63. The van der Waals surface area contributed by atoms with E-state index in [1.165, 1.54) is 0 Å². The molecule has 5 heteroatoms. The minimum Gasteiger partial charge on any atom is -0.338 e. The maximum Gasteiger partial charge on any atom is 0.223 e. The lowest BCUT2D eigenvalue weighted by molar-refractivity contribution is -0.133. The van der Waals surface area contributed by atoms with Gasteiger partial charge >= 0.3 is 0 Å². The molecule has 1 atom stereocenters. The molecular weight excluding hydrogens is 282 g/mol. The SMILES string of the molecule is CC(C)N1CCC(CC(=O)N(C)[C@@H](C)c2cncs2)CC1. The number of piperidine rings is 1. The van der Waals surface area contributed by atoms with Crippen LogP contribution in [0.2, 0.25) is 0 Å². The summed E-state index contributed by atoms with van der Waals surface area (Å²) in [6, 6.07) is 0.747. The fraction of sp³-hybridized carbons (Fsp3) is 0.750. The molecule has 1 aromatic heterocycles. The van der Waals surface area contributed by atoms with E-state index in [0.717, 1.165) is 30.8 Å². The van der Waals surface area contributed by atoms with Gasteiger partial charge in [-0.05, 0) is 52.6 Å². The molecule has 0 aliphatic carbocycles. The van der Waals surface area contributed by atoms with E-state index in [2.05, 4.69) is 30.7 Å². The van der Waals surface area contributed by atoms with Crippen LogP contribution in [0.25, 0.3) is 0 Å². The lowest BCUT2D eigenvalue weighted by atomic mass is 9.92. The number of amides is 1. The van der Waals surface area contributed by atoms with Crippen LogP contribution in [0.1, 0.15) is 51.0 Å². The molecule has 1 aliphatic rings. The van der Waals surface area contributed by atoms with Gasteiger partial charge in [-0.1, -0.05) is 0 Å². The van der Waals surface area contributed by atoms with Crippen molar-refractivity contribution in [2.24, 2.45) is 5.92 Å². The molecular formula is C16H27N3OS. The number of carbonyl (C=O) groups excluding carboxylic acids is 1. The van der Waals surface area contributed by atoms with Crippen molar-refractivity contribution in [2.75, 3.05) is 20.1 Å². The van der Waals surface area contributed by atoms with Crippen LogP contribution in [0.15, 0.2) is 11.7 Å². The number of carbonyl (C=O) groups is 1. The standard InChI is InChI=1S/C16H27N3OS/c1-12(2)19-7-5-14(6-8-19)9-16(20)18(4)13(3)15-10-17-11-21-15/h10-14H,5-9H2,1-4H3/t13-/m0/s1. The summed E-state index contributed by atoms with van der Waals surface area (Å²) in [4.78, 5) is 22.1. The van der Waals surface area contributed by atoms with E-state index in [1.807, 2.05) is 23.7 Å². The highest BCUT2D eigenvalue weighted by atomic mass is 32.1. The summed E-state index contributed by atoms with van der Waals surface area (Å²) < 4.78 is 0. The van der Waals surface area contributed by atoms with Crippen LogP contribution in [0.5, 0.6) is 0 Å². The smallest absolute Gasteiger partial charge is 0.223 e. The van der Waals surface area contributed by atoms with E-state index in [0.29, 0.717) is 18.4 Å². The first kappa shape index (κ1) is 16.4. The monoisotopic (exact) mass is 309 g/mol. The van der Waals surface area contributed by atoms with Crippen molar-refractivity contribution >= 4 is 17.2 Å². The quantitative estimate of drug-likeness (QED) is 0.838. The summed E-state index contributed by atoms with van der Waals surface area (Å²) in [5.41, 5.74) is 1.83. The number of rotatable bonds is 5. The molecule has 1 fully saturated rings. The van der Waals surface area contributed by atoms with Gasteiger partial charge < -0.3 is 9.80 Å². The van der Waals surface area contributed by atoms with Gasteiger partial charge in [-0.25, -0.2) is 0 Å². The topological polar surface area (TPSA) is 36.4 Å². The minimum atomic E-state index is 0.126. The molecule has 0 bridgehead atoms. The number of likely N-dealkylation sites (tertiary alicyclic amines) is 1. The molecule has 1 aliphatic heterocycles. The molecule has 0 unspecified atom stereocenters. The summed E-state index contributed by atoms with van der Waals surface area (Å²) in [7, 11) is 1.91. The second-order valence-electron chi connectivity index (χ2n) is 6.36. The van der Waals surface area contributed by atoms with E-state index < -0.39 is 0 Å². The van der Waals surface area contributed by atoms with Crippen molar-refractivity contribution in [1.29, 1.82) is 0 Å². The zero-order valence-electron chi connectivity index (χ0n) is 13.6. The third kappa shape index (κ3) is 4.27. The Morgan fingerprint density at radius 1 is 1.43 bits per heavy atom. The average Bonchev–Trinajstić information content (AvgIpc) is 3.00. The predicted octanol–water partition coefficient (Wildman–Crippen LogP) is 3.17. The molecule has 1 aromatic rings. The zero-order chi connectivity index (χ0) is 15.4. The Labute approximate surface area is 132 Å². The van der Waals surface area contributed by atoms with Crippen molar-refractivity contribution in [3.05, 3.63) is 16.6 Å². The van der Waals surface area contributed by atoms with Crippen molar-refractivity contribution in [2.45, 2.75) is 52.1 Å². The van der Waals surface area contributed by atoms with Gasteiger partial charge in [0.1, 0.15) is 0 Å². The Kier molecular flexibility index (Phi) is 5.76. The van der Waals surface area contributed by atoms with Crippen molar-refractivity contribution in [3.63, 3.8) is 0 Å². The van der Waals surface area contributed by atoms with Crippen LogP contribution in [0.3, 0.4) is 0 Å². The molecule has 118 valence electrons. The highest BCUT2D eigenvalue weighted by Gasteiger charge is 2.25. The number of hydrogen-bond acceptors (Lipinski definition) is 4. The Morgan fingerprint density at radius 3 is 2.62 bits per heavy atom. The van der Waals surface area contributed by atoms with E-state index in [9.17, 15) is 4.79 Å². The van der Waals surface area contributed by atoms with Crippen LogP contribution >= 0.6 is 11.3 Å². The molecule has 0 saturated carbocycles. The Balaban J connectivity index is 1.82. The van der Waals surface area contributed by atoms with Crippen LogP contribution in [0, 0.1) is 5.92 Å². The second kappa shape index (κ2) is 7.36. The minimum absolute atomic E-state index is 0.126. The number of nitrogens with zero attached hydrogens (tertiary/aromatic N) is 3. The van der Waals surface area contributed by atoms with Crippen molar-refractivity contribution in [1.82, 2.24) is 14.8 Å². The summed E-state index contributed by atoms with van der Waals surface area (Å²) in [6.07, 6.45) is 4.84. The first-order valence-corrected chi connectivity index (χ1v) is 8.75. The summed E-state index contributed by atoms with van der Waals surface area (Å²) >= 11 is 1.61. The summed E-state index contributed by atoms with van der Waals surface area (Å²) in [5, 5.41) is 0. The Bertz CT molecular complexity index is 438. The summed E-state index contributed by atoms with van der Waals surface area (Å²) in [6.45, 7) is 8.83. The molecule has 1 saturated heterocycles. The van der Waals surface area contributed by atoms with E-state index >= 15 is 0 Å². The number of hydrogen-bond donors (Lipinski definition) is 0. The Morgan fingerprint density at radius 2 is 2.10 bits per heavy atom. The zero-order valence-corrected chi connectivity index (χ0v) is 14.4. The fourth-order valence-electron chi connectivity index (χ4n) is 2.90. The highest BCUT2D eigenvalue weighted by molar-refractivity contribution is 7.09. The predicted molar refractivity (Wildman–Crippen MR) is 87.3 cm³/mol. The number of aromatic nitrogens is 1. The Hall–Kier alpha value is -0.940. The normalized spacial score (nSPS) is 18.9. The third-order valence-electron chi connectivity index (χ3n) is 4.68. The molecule has 0 spiro atoms. The first-order chi connectivity index (χ1) is 9.99. The molecule has 0 N–H and O–H groups in total. The molecule has 4 nitrogen and oxygen atoms in total. The molecule has 2 heterocycles. The van der Waals surface area contributed by atoms with Gasteiger partial charge in [0.2, 0.25) is 5.91 Å². The molecule has 21 heavy (non-hydrogen) atoms. The maximum atomic E-state index is 12.5. The van der Waals surface area contributed by atoms with Gasteiger partial charge in [0.05, 0.1) is 11.6 Å². The maximum absolute atomic E-state index is 12.5. The number of thiazole rings is 1. The van der Waals surface area contributed by atoms with E-state index in [-0.39, 0.29) is 11.9 Å². The fourth-order valence-corrected chi connectivity index (χ4v) is 3.62. The van der Waals surface area contributed by atoms with Gasteiger partial charge in [0.15, 0.2) is 0 Å². The highest BCUT2D eigenvalue weighted by Crippen LogP contribution is 2.26. The van der Waals surface area contributed by atoms with Crippen LogP contribution in [0.4, 0.5) is 0 Å². The van der Waals surface area contributed by atoms with Crippen LogP contribution < -0.4 is 0 Å². The molecule has 2 rings (SSSR count).